The molecule has 0 spiro atoms. The number of esters is 1. The Morgan fingerprint density at radius 3 is 2.76 bits per heavy atom. The third-order valence-electron chi connectivity index (χ3n) is 2.10. The third kappa shape index (κ3) is 3.60. The first-order valence-electron chi connectivity index (χ1n) is 4.90. The molecule has 0 unspecified atom stereocenters. The topological polar surface area (TPSA) is 62.2 Å². The van der Waals surface area contributed by atoms with Crippen molar-refractivity contribution in [2.75, 3.05) is 14.2 Å². The summed E-state index contributed by atoms with van der Waals surface area (Å²) in [5.74, 6) is -0.681. The van der Waals surface area contributed by atoms with Gasteiger partial charge in [0.25, 0.3) is 0 Å². The van der Waals surface area contributed by atoms with Crippen molar-refractivity contribution in [3.05, 3.63) is 40.9 Å². The zero-order valence-corrected chi connectivity index (χ0v) is 10.3. The van der Waals surface area contributed by atoms with Crippen LogP contribution in [0.1, 0.15) is 5.56 Å². The lowest BCUT2D eigenvalue weighted by Crippen LogP contribution is -2.15. The van der Waals surface area contributed by atoms with Gasteiger partial charge >= 0.3 is 5.97 Å². The second-order valence-electron chi connectivity index (χ2n) is 3.22. The van der Waals surface area contributed by atoms with Gasteiger partial charge in [-0.1, -0.05) is 23.7 Å². The SMILES string of the molecule is CN/C(=C\C(=N)C(=O)OC)c1cccc(Cl)c1. The van der Waals surface area contributed by atoms with E-state index in [-0.39, 0.29) is 5.71 Å². The molecule has 4 nitrogen and oxygen atoms in total. The van der Waals surface area contributed by atoms with Crippen LogP contribution in [0, 0.1) is 5.41 Å². The van der Waals surface area contributed by atoms with E-state index in [1.54, 1.807) is 25.2 Å². The largest absolute Gasteiger partial charge is 0.464 e. The lowest BCUT2D eigenvalue weighted by Gasteiger charge is -2.07. The molecule has 1 aromatic rings. The minimum Gasteiger partial charge on any atom is -0.464 e. The van der Waals surface area contributed by atoms with E-state index in [9.17, 15) is 4.79 Å². The molecule has 0 heterocycles. The maximum absolute atomic E-state index is 11.1. The normalized spacial score (nSPS) is 10.9. The number of methoxy groups -OCH3 is 1. The van der Waals surface area contributed by atoms with Crippen molar-refractivity contribution in [3.63, 3.8) is 0 Å². The van der Waals surface area contributed by atoms with Gasteiger partial charge in [-0.2, -0.15) is 0 Å². The summed E-state index contributed by atoms with van der Waals surface area (Å²) >= 11 is 5.87. The molecule has 0 bridgehead atoms. The van der Waals surface area contributed by atoms with E-state index in [1.807, 2.05) is 6.07 Å². The number of hydrogen-bond acceptors (Lipinski definition) is 4. The standard InChI is InChI=1S/C12H13ClN2O2/c1-15-11(7-10(14)12(16)17-2)8-4-3-5-9(13)6-8/h3-7,14-15H,1-2H3/b11-7-,14-10?. The molecule has 0 aliphatic heterocycles. The van der Waals surface area contributed by atoms with Crippen LogP contribution < -0.4 is 5.32 Å². The fraction of sp³-hybridized carbons (Fsp3) is 0.167. The third-order valence-corrected chi connectivity index (χ3v) is 2.33. The molecule has 1 rings (SSSR count). The Morgan fingerprint density at radius 1 is 1.53 bits per heavy atom. The summed E-state index contributed by atoms with van der Waals surface area (Å²) in [6.45, 7) is 0. The van der Waals surface area contributed by atoms with Crippen molar-refractivity contribution >= 4 is 29.0 Å². The molecule has 5 heteroatoms. The molecule has 0 saturated carbocycles. The van der Waals surface area contributed by atoms with E-state index < -0.39 is 5.97 Å². The van der Waals surface area contributed by atoms with Crippen LogP contribution in [0.25, 0.3) is 5.70 Å². The van der Waals surface area contributed by atoms with Crippen molar-refractivity contribution in [2.45, 2.75) is 0 Å². The van der Waals surface area contributed by atoms with Gasteiger partial charge in [0.05, 0.1) is 7.11 Å². The fourth-order valence-corrected chi connectivity index (χ4v) is 1.46. The summed E-state index contributed by atoms with van der Waals surface area (Å²) in [6, 6.07) is 7.13. The van der Waals surface area contributed by atoms with Gasteiger partial charge in [0.2, 0.25) is 0 Å². The molecule has 0 radical (unpaired) electrons. The fourth-order valence-electron chi connectivity index (χ4n) is 1.27. The summed E-state index contributed by atoms with van der Waals surface area (Å²) in [5, 5.41) is 11.0. The number of rotatable bonds is 4. The number of ether oxygens (including phenoxy) is 1. The zero-order chi connectivity index (χ0) is 12.8. The summed E-state index contributed by atoms with van der Waals surface area (Å²) < 4.78 is 4.46. The van der Waals surface area contributed by atoms with E-state index in [4.69, 9.17) is 17.0 Å². The molecule has 17 heavy (non-hydrogen) atoms. The summed E-state index contributed by atoms with van der Waals surface area (Å²) in [7, 11) is 2.94. The molecule has 0 saturated heterocycles. The monoisotopic (exact) mass is 252 g/mol. The van der Waals surface area contributed by atoms with Gasteiger partial charge in [-0.25, -0.2) is 4.79 Å². The number of carbonyl (C=O) groups excluding carboxylic acids is 1. The minimum atomic E-state index is -0.681. The highest BCUT2D eigenvalue weighted by Gasteiger charge is 2.08. The number of carbonyl (C=O) groups is 1. The molecule has 0 amide bonds. The smallest absolute Gasteiger partial charge is 0.356 e. The summed E-state index contributed by atoms with van der Waals surface area (Å²) in [4.78, 5) is 11.1. The van der Waals surface area contributed by atoms with Gasteiger partial charge in [0.1, 0.15) is 5.71 Å². The van der Waals surface area contributed by atoms with E-state index in [1.165, 1.54) is 13.2 Å². The molecular formula is C12H13ClN2O2. The average Bonchev–Trinajstić information content (AvgIpc) is 2.34. The highest BCUT2D eigenvalue weighted by molar-refractivity contribution is 6.41. The quantitative estimate of drug-likeness (QED) is 0.637. The molecule has 1 aromatic carbocycles. The Bertz CT molecular complexity index is 469. The first kappa shape index (κ1) is 13.3. The van der Waals surface area contributed by atoms with Gasteiger partial charge in [-0.05, 0) is 23.8 Å². The van der Waals surface area contributed by atoms with Gasteiger partial charge < -0.3 is 10.1 Å². The Labute approximate surface area is 105 Å². The summed E-state index contributed by atoms with van der Waals surface area (Å²) in [6.07, 6.45) is 1.40. The zero-order valence-electron chi connectivity index (χ0n) is 9.58. The van der Waals surface area contributed by atoms with Crippen LogP contribution in [-0.4, -0.2) is 25.8 Å². The van der Waals surface area contributed by atoms with Crippen LogP contribution >= 0.6 is 11.6 Å². The number of benzene rings is 1. The Morgan fingerprint density at radius 2 is 2.24 bits per heavy atom. The number of halogens is 1. The molecule has 90 valence electrons. The first-order valence-corrected chi connectivity index (χ1v) is 5.28. The predicted molar refractivity (Wildman–Crippen MR) is 68.2 cm³/mol. The molecule has 0 fully saturated rings. The second-order valence-corrected chi connectivity index (χ2v) is 3.66. The Hall–Kier alpha value is -1.81. The molecule has 0 atom stereocenters. The Kier molecular flexibility index (Phi) is 4.72. The van der Waals surface area contributed by atoms with Crippen molar-refractivity contribution in [1.82, 2.24) is 5.32 Å². The average molecular weight is 253 g/mol. The molecule has 2 N–H and O–H groups in total. The molecule has 0 aromatic heterocycles. The lowest BCUT2D eigenvalue weighted by atomic mass is 10.1. The maximum atomic E-state index is 11.1. The van der Waals surface area contributed by atoms with Crippen LogP contribution in [0.5, 0.6) is 0 Å². The molecule has 0 aliphatic rings. The van der Waals surface area contributed by atoms with Crippen LogP contribution in [0.15, 0.2) is 30.3 Å². The number of hydrogen-bond donors (Lipinski definition) is 2. The lowest BCUT2D eigenvalue weighted by molar-refractivity contribution is -0.132. The maximum Gasteiger partial charge on any atom is 0.356 e. The van der Waals surface area contributed by atoms with Gasteiger partial charge in [0.15, 0.2) is 0 Å². The highest BCUT2D eigenvalue weighted by Crippen LogP contribution is 2.16. The van der Waals surface area contributed by atoms with Crippen molar-refractivity contribution in [1.29, 1.82) is 5.41 Å². The van der Waals surface area contributed by atoms with Crippen LogP contribution in [0.4, 0.5) is 0 Å². The van der Waals surface area contributed by atoms with Crippen molar-refractivity contribution in [3.8, 4) is 0 Å². The van der Waals surface area contributed by atoms with Crippen molar-refractivity contribution in [2.24, 2.45) is 0 Å². The first-order chi connectivity index (χ1) is 8.08. The van der Waals surface area contributed by atoms with Crippen LogP contribution in [0.3, 0.4) is 0 Å². The van der Waals surface area contributed by atoms with E-state index in [2.05, 4.69) is 10.1 Å². The highest BCUT2D eigenvalue weighted by atomic mass is 35.5. The van der Waals surface area contributed by atoms with Gasteiger partial charge in [0, 0.05) is 17.8 Å². The molecule has 0 aliphatic carbocycles. The minimum absolute atomic E-state index is 0.225. The van der Waals surface area contributed by atoms with Gasteiger partial charge in [-0.3, -0.25) is 5.41 Å². The van der Waals surface area contributed by atoms with Crippen molar-refractivity contribution < 1.29 is 9.53 Å². The second kappa shape index (κ2) is 6.06. The van der Waals surface area contributed by atoms with Crippen LogP contribution in [0.2, 0.25) is 5.02 Å². The van der Waals surface area contributed by atoms with Gasteiger partial charge in [-0.15, -0.1) is 0 Å². The van der Waals surface area contributed by atoms with Crippen LogP contribution in [-0.2, 0) is 9.53 Å². The molecular weight excluding hydrogens is 240 g/mol. The summed E-state index contributed by atoms with van der Waals surface area (Å²) in [5.41, 5.74) is 1.20. The van der Waals surface area contributed by atoms with E-state index in [0.717, 1.165) is 5.56 Å². The predicted octanol–water partition coefficient (Wildman–Crippen LogP) is 2.09. The number of nitrogens with one attached hydrogen (secondary N) is 2. The Balaban J connectivity index is 3.03. The van der Waals surface area contributed by atoms with E-state index >= 15 is 0 Å². The van der Waals surface area contributed by atoms with E-state index in [0.29, 0.717) is 10.7 Å².